The Kier molecular flexibility index (Phi) is 4.28. The Morgan fingerprint density at radius 2 is 2.10 bits per heavy atom. The molecule has 2 unspecified atom stereocenters. The first kappa shape index (κ1) is 15.5. The predicted octanol–water partition coefficient (Wildman–Crippen LogP) is 3.99. The van der Waals surface area contributed by atoms with Crippen LogP contribution in [0, 0.1) is 11.2 Å². The summed E-state index contributed by atoms with van der Waals surface area (Å²) in [7, 11) is 0. The smallest absolute Gasteiger partial charge is 0.310 e. The van der Waals surface area contributed by atoms with Gasteiger partial charge in [0.1, 0.15) is 5.82 Å². The van der Waals surface area contributed by atoms with E-state index in [9.17, 15) is 14.3 Å². The van der Waals surface area contributed by atoms with Gasteiger partial charge in [-0.2, -0.15) is 0 Å². The molecule has 2 atom stereocenters. The average molecular weight is 320 g/mol. The highest BCUT2D eigenvalue weighted by molar-refractivity contribution is 6.35. The quantitative estimate of drug-likeness (QED) is 0.856. The summed E-state index contributed by atoms with van der Waals surface area (Å²) >= 11 is 11.8. The molecule has 0 saturated carbocycles. The highest BCUT2D eigenvalue weighted by Gasteiger charge is 2.42. The summed E-state index contributed by atoms with van der Waals surface area (Å²) in [4.78, 5) is 13.3. The minimum Gasteiger partial charge on any atom is -0.481 e. The fourth-order valence-electron chi connectivity index (χ4n) is 2.56. The molecule has 1 aliphatic heterocycles. The summed E-state index contributed by atoms with van der Waals surface area (Å²) in [6.07, 6.45) is 0.570. The third-order valence-corrected chi connectivity index (χ3v) is 4.67. The van der Waals surface area contributed by atoms with E-state index in [-0.39, 0.29) is 11.1 Å². The van der Waals surface area contributed by atoms with Crippen LogP contribution in [-0.4, -0.2) is 29.1 Å². The van der Waals surface area contributed by atoms with E-state index in [1.807, 2.05) is 11.8 Å². The molecule has 0 amide bonds. The molecule has 2 rings (SSSR count). The van der Waals surface area contributed by atoms with E-state index in [4.69, 9.17) is 23.2 Å². The van der Waals surface area contributed by atoms with E-state index in [2.05, 4.69) is 0 Å². The molecule has 1 heterocycles. The van der Waals surface area contributed by atoms with E-state index in [1.54, 1.807) is 6.92 Å². The number of halogens is 3. The van der Waals surface area contributed by atoms with Crippen molar-refractivity contribution in [1.29, 1.82) is 0 Å². The van der Waals surface area contributed by atoms with Gasteiger partial charge in [-0.25, -0.2) is 4.39 Å². The van der Waals surface area contributed by atoms with Crippen molar-refractivity contribution in [2.45, 2.75) is 26.3 Å². The molecule has 1 aromatic rings. The minimum atomic E-state index is -0.805. The number of carboxylic acid groups (broad SMARTS) is 1. The van der Waals surface area contributed by atoms with Crippen LogP contribution in [0.15, 0.2) is 12.1 Å². The van der Waals surface area contributed by atoms with Gasteiger partial charge in [0, 0.05) is 17.6 Å². The molecule has 110 valence electrons. The standard InChI is InChI=1S/C14H16Cl2FNO2/c1-8(9-5-12(17)11(16)6-10(9)15)18-4-3-14(2,7-18)13(19)20/h5-6,8H,3-4,7H2,1-2H3,(H,19,20). The fourth-order valence-corrected chi connectivity index (χ4v) is 3.10. The molecule has 1 saturated heterocycles. The van der Waals surface area contributed by atoms with Gasteiger partial charge in [-0.05, 0) is 44.5 Å². The summed E-state index contributed by atoms with van der Waals surface area (Å²) in [5.41, 5.74) is -0.130. The number of nitrogens with zero attached hydrogens (tertiary/aromatic N) is 1. The first-order valence-corrected chi connectivity index (χ1v) is 7.12. The average Bonchev–Trinajstić information content (AvgIpc) is 2.77. The number of carboxylic acids is 1. The van der Waals surface area contributed by atoms with Crippen LogP contribution in [0.25, 0.3) is 0 Å². The molecule has 0 spiro atoms. The summed E-state index contributed by atoms with van der Waals surface area (Å²) in [5.74, 6) is -1.32. The van der Waals surface area contributed by atoms with Crippen molar-refractivity contribution in [3.63, 3.8) is 0 Å². The van der Waals surface area contributed by atoms with Crippen LogP contribution in [0.5, 0.6) is 0 Å². The summed E-state index contributed by atoms with van der Waals surface area (Å²) in [6, 6.07) is 2.55. The Bertz CT molecular complexity index is 552. The molecule has 0 aliphatic carbocycles. The van der Waals surface area contributed by atoms with Gasteiger partial charge < -0.3 is 5.11 Å². The molecular weight excluding hydrogens is 304 g/mol. The van der Waals surface area contributed by atoms with E-state index in [0.29, 0.717) is 30.1 Å². The minimum absolute atomic E-state index is 0.0113. The van der Waals surface area contributed by atoms with Gasteiger partial charge in [0.25, 0.3) is 0 Å². The molecule has 3 nitrogen and oxygen atoms in total. The molecule has 0 radical (unpaired) electrons. The van der Waals surface area contributed by atoms with E-state index < -0.39 is 17.2 Å². The van der Waals surface area contributed by atoms with Crippen molar-refractivity contribution in [1.82, 2.24) is 4.90 Å². The van der Waals surface area contributed by atoms with Crippen molar-refractivity contribution in [3.8, 4) is 0 Å². The maximum atomic E-state index is 13.6. The second-order valence-corrected chi connectivity index (χ2v) is 6.36. The Labute approximate surface area is 127 Å². The van der Waals surface area contributed by atoms with E-state index >= 15 is 0 Å². The zero-order valence-corrected chi connectivity index (χ0v) is 12.8. The largest absolute Gasteiger partial charge is 0.481 e. The van der Waals surface area contributed by atoms with Crippen LogP contribution in [0.3, 0.4) is 0 Å². The first-order chi connectivity index (χ1) is 9.24. The van der Waals surface area contributed by atoms with Crippen LogP contribution < -0.4 is 0 Å². The zero-order chi connectivity index (χ0) is 15.1. The summed E-state index contributed by atoms with van der Waals surface area (Å²) < 4.78 is 13.6. The number of hydrogen-bond donors (Lipinski definition) is 1. The van der Waals surface area contributed by atoms with E-state index in [1.165, 1.54) is 12.1 Å². The molecule has 1 N–H and O–H groups in total. The SMILES string of the molecule is CC(c1cc(F)c(Cl)cc1Cl)N1CCC(C)(C(=O)O)C1. The van der Waals surface area contributed by atoms with Crippen molar-refractivity contribution < 1.29 is 14.3 Å². The van der Waals surface area contributed by atoms with Gasteiger partial charge in [0.2, 0.25) is 0 Å². The molecule has 6 heteroatoms. The van der Waals surface area contributed by atoms with Gasteiger partial charge in [-0.3, -0.25) is 9.69 Å². The number of carbonyl (C=O) groups is 1. The molecule has 1 aromatic carbocycles. The van der Waals surface area contributed by atoms with Crippen LogP contribution >= 0.6 is 23.2 Å². The number of hydrogen-bond acceptors (Lipinski definition) is 2. The second kappa shape index (κ2) is 5.51. The van der Waals surface area contributed by atoms with Crippen molar-refractivity contribution in [2.75, 3.05) is 13.1 Å². The zero-order valence-electron chi connectivity index (χ0n) is 11.3. The topological polar surface area (TPSA) is 40.5 Å². The van der Waals surface area contributed by atoms with Gasteiger partial charge in [-0.15, -0.1) is 0 Å². The third-order valence-electron chi connectivity index (χ3n) is 4.06. The lowest BCUT2D eigenvalue weighted by molar-refractivity contribution is -0.147. The molecule has 20 heavy (non-hydrogen) atoms. The highest BCUT2D eigenvalue weighted by atomic mass is 35.5. The van der Waals surface area contributed by atoms with Crippen molar-refractivity contribution >= 4 is 29.2 Å². The van der Waals surface area contributed by atoms with Crippen LogP contribution in [0.4, 0.5) is 4.39 Å². The van der Waals surface area contributed by atoms with E-state index in [0.717, 1.165) is 0 Å². The normalized spacial score (nSPS) is 24.9. The fraction of sp³-hybridized carbons (Fsp3) is 0.500. The van der Waals surface area contributed by atoms with Gasteiger partial charge in [-0.1, -0.05) is 23.2 Å². The molecular formula is C14H16Cl2FNO2. The monoisotopic (exact) mass is 319 g/mol. The van der Waals surface area contributed by atoms with Crippen molar-refractivity contribution in [3.05, 3.63) is 33.6 Å². The Morgan fingerprint density at radius 1 is 1.45 bits per heavy atom. The number of benzene rings is 1. The maximum Gasteiger partial charge on any atom is 0.310 e. The van der Waals surface area contributed by atoms with Gasteiger partial charge in [0.15, 0.2) is 0 Å². The Hall–Kier alpha value is -0.840. The van der Waals surface area contributed by atoms with Gasteiger partial charge in [0.05, 0.1) is 10.4 Å². The van der Waals surface area contributed by atoms with Crippen LogP contribution in [-0.2, 0) is 4.79 Å². The number of likely N-dealkylation sites (tertiary alicyclic amines) is 1. The van der Waals surface area contributed by atoms with Crippen LogP contribution in [0.2, 0.25) is 10.0 Å². The summed E-state index contributed by atoms with van der Waals surface area (Å²) in [5, 5.41) is 9.63. The second-order valence-electron chi connectivity index (χ2n) is 5.55. The predicted molar refractivity (Wildman–Crippen MR) is 76.8 cm³/mol. The van der Waals surface area contributed by atoms with Crippen molar-refractivity contribution in [2.24, 2.45) is 5.41 Å². The van der Waals surface area contributed by atoms with Crippen LogP contribution in [0.1, 0.15) is 31.9 Å². The molecule has 0 bridgehead atoms. The first-order valence-electron chi connectivity index (χ1n) is 6.36. The lowest BCUT2D eigenvalue weighted by Crippen LogP contribution is -2.33. The lowest BCUT2D eigenvalue weighted by Gasteiger charge is -2.27. The number of rotatable bonds is 3. The Morgan fingerprint density at radius 3 is 2.65 bits per heavy atom. The molecule has 1 aliphatic rings. The highest BCUT2D eigenvalue weighted by Crippen LogP contribution is 2.38. The lowest BCUT2D eigenvalue weighted by atomic mass is 9.90. The summed E-state index contributed by atoms with van der Waals surface area (Å²) in [6.45, 7) is 4.68. The number of aliphatic carboxylic acids is 1. The van der Waals surface area contributed by atoms with Gasteiger partial charge >= 0.3 is 5.97 Å². The Balaban J connectivity index is 2.23. The maximum absolute atomic E-state index is 13.6. The molecule has 0 aromatic heterocycles. The third kappa shape index (κ3) is 2.78. The molecule has 1 fully saturated rings.